The number of hydrogen-bond donors (Lipinski definition) is 1. The van der Waals surface area contributed by atoms with Gasteiger partial charge in [0.1, 0.15) is 5.52 Å². The van der Waals surface area contributed by atoms with Gasteiger partial charge in [0.15, 0.2) is 5.65 Å². The maximum atomic E-state index is 4.74. The lowest BCUT2D eigenvalue weighted by Crippen LogP contribution is -2.21. The minimum absolute atomic E-state index is 0.521. The summed E-state index contributed by atoms with van der Waals surface area (Å²) in [5.41, 5.74) is 6.42. The van der Waals surface area contributed by atoms with Gasteiger partial charge in [0.05, 0.1) is 11.9 Å². The van der Waals surface area contributed by atoms with Gasteiger partial charge in [-0.2, -0.15) is 0 Å². The number of nitrogens with one attached hydrogen (secondary N) is 1. The van der Waals surface area contributed by atoms with Crippen molar-refractivity contribution in [3.05, 3.63) is 84.8 Å². The summed E-state index contributed by atoms with van der Waals surface area (Å²) in [4.78, 5) is 14.9. The Hall–Kier alpha value is -3.44. The van der Waals surface area contributed by atoms with Crippen LogP contribution in [0.1, 0.15) is 18.0 Å². The van der Waals surface area contributed by atoms with Crippen LogP contribution in [0.5, 0.6) is 0 Å². The lowest BCUT2D eigenvalue weighted by molar-refractivity contribution is 0.317. The number of H-pyrrole nitrogens is 1. The maximum absolute atomic E-state index is 4.74. The van der Waals surface area contributed by atoms with Gasteiger partial charge in [-0.15, -0.1) is 0 Å². The quantitative estimate of drug-likeness (QED) is 0.466. The summed E-state index contributed by atoms with van der Waals surface area (Å²) in [7, 11) is 0. The molecule has 0 radical (unpaired) electrons. The SMILES string of the molecule is c1ccc(CN2CCC(n3ccc4cc(-c5cnc6[nH]ccc6n5)ccc43)C2)cc1. The molecule has 4 heterocycles. The predicted octanol–water partition coefficient (Wildman–Crippen LogP) is 5.03. The fourth-order valence-corrected chi connectivity index (χ4v) is 4.64. The van der Waals surface area contributed by atoms with E-state index in [2.05, 4.69) is 80.2 Å². The molecule has 1 unspecified atom stereocenters. The standard InChI is InChI=1S/C25H23N5/c1-2-4-18(5-3-1)16-29-12-10-21(17-29)30-13-9-20-14-19(6-7-24(20)30)23-15-27-25-22(28-23)8-11-26-25/h1-9,11,13-15,21H,10,12,16-17H2,(H,26,27). The normalized spacial score (nSPS) is 17.3. The molecule has 3 aromatic heterocycles. The monoisotopic (exact) mass is 393 g/mol. The highest BCUT2D eigenvalue weighted by Gasteiger charge is 2.24. The van der Waals surface area contributed by atoms with Crippen LogP contribution in [0.3, 0.4) is 0 Å². The van der Waals surface area contributed by atoms with E-state index < -0.39 is 0 Å². The van der Waals surface area contributed by atoms with E-state index in [1.54, 1.807) is 0 Å². The molecule has 0 bridgehead atoms. The fraction of sp³-hybridized carbons (Fsp3) is 0.200. The number of nitrogens with zero attached hydrogens (tertiary/aromatic N) is 4. The molecule has 5 nitrogen and oxygen atoms in total. The molecule has 1 atom stereocenters. The third kappa shape index (κ3) is 3.08. The van der Waals surface area contributed by atoms with Crippen LogP contribution in [0.25, 0.3) is 33.3 Å². The molecule has 1 fully saturated rings. The van der Waals surface area contributed by atoms with Crippen LogP contribution in [0.4, 0.5) is 0 Å². The van der Waals surface area contributed by atoms with Gasteiger partial charge >= 0.3 is 0 Å². The summed E-state index contributed by atoms with van der Waals surface area (Å²) in [6, 6.07) is 22.1. The molecule has 30 heavy (non-hydrogen) atoms. The Balaban J connectivity index is 1.25. The minimum atomic E-state index is 0.521. The summed E-state index contributed by atoms with van der Waals surface area (Å²) in [5, 5.41) is 1.25. The molecule has 1 aliphatic heterocycles. The summed E-state index contributed by atoms with van der Waals surface area (Å²) in [6.45, 7) is 3.26. The maximum Gasteiger partial charge on any atom is 0.156 e. The van der Waals surface area contributed by atoms with E-state index in [0.29, 0.717) is 6.04 Å². The molecule has 148 valence electrons. The molecule has 0 amide bonds. The van der Waals surface area contributed by atoms with E-state index in [-0.39, 0.29) is 0 Å². The molecule has 1 N–H and O–H groups in total. The number of rotatable bonds is 4. The molecule has 5 aromatic rings. The van der Waals surface area contributed by atoms with Crippen molar-refractivity contribution in [2.45, 2.75) is 19.0 Å². The average molecular weight is 393 g/mol. The zero-order chi connectivity index (χ0) is 19.9. The molecule has 2 aromatic carbocycles. The Kier molecular flexibility index (Phi) is 4.13. The molecule has 6 rings (SSSR count). The van der Waals surface area contributed by atoms with Crippen molar-refractivity contribution in [3.8, 4) is 11.3 Å². The Labute approximate surface area is 175 Å². The van der Waals surface area contributed by atoms with Crippen LogP contribution < -0.4 is 0 Å². The van der Waals surface area contributed by atoms with Crippen molar-refractivity contribution in [1.29, 1.82) is 0 Å². The fourth-order valence-electron chi connectivity index (χ4n) is 4.64. The third-order valence-electron chi connectivity index (χ3n) is 6.17. The average Bonchev–Trinajstić information content (AvgIpc) is 3.52. The van der Waals surface area contributed by atoms with Crippen molar-refractivity contribution in [2.75, 3.05) is 13.1 Å². The Morgan fingerprint density at radius 1 is 1.03 bits per heavy atom. The number of benzene rings is 2. The zero-order valence-electron chi connectivity index (χ0n) is 16.7. The van der Waals surface area contributed by atoms with Crippen molar-refractivity contribution in [2.24, 2.45) is 0 Å². The molecular weight excluding hydrogens is 370 g/mol. The van der Waals surface area contributed by atoms with Gasteiger partial charge in [-0.05, 0) is 36.2 Å². The number of likely N-dealkylation sites (tertiary alicyclic amines) is 1. The molecule has 0 spiro atoms. The summed E-state index contributed by atoms with van der Waals surface area (Å²) < 4.78 is 2.45. The van der Waals surface area contributed by atoms with Gasteiger partial charge in [-0.1, -0.05) is 36.4 Å². The lowest BCUT2D eigenvalue weighted by atomic mass is 10.1. The van der Waals surface area contributed by atoms with E-state index >= 15 is 0 Å². The van der Waals surface area contributed by atoms with E-state index in [0.717, 1.165) is 42.1 Å². The molecule has 1 aliphatic rings. The summed E-state index contributed by atoms with van der Waals surface area (Å²) in [5.74, 6) is 0. The van der Waals surface area contributed by atoms with Crippen LogP contribution in [0.2, 0.25) is 0 Å². The lowest BCUT2D eigenvalue weighted by Gasteiger charge is -2.17. The first-order valence-corrected chi connectivity index (χ1v) is 10.5. The second-order valence-corrected chi connectivity index (χ2v) is 8.13. The summed E-state index contributed by atoms with van der Waals surface area (Å²) >= 11 is 0. The number of fused-ring (bicyclic) bond motifs is 2. The van der Waals surface area contributed by atoms with E-state index in [4.69, 9.17) is 4.98 Å². The summed E-state index contributed by atoms with van der Waals surface area (Å²) in [6.07, 6.45) is 7.15. The first-order chi connectivity index (χ1) is 14.8. The second kappa shape index (κ2) is 7.11. The predicted molar refractivity (Wildman–Crippen MR) is 120 cm³/mol. The minimum Gasteiger partial charge on any atom is -0.345 e. The van der Waals surface area contributed by atoms with Crippen LogP contribution in [-0.2, 0) is 6.54 Å². The van der Waals surface area contributed by atoms with Crippen molar-refractivity contribution in [1.82, 2.24) is 24.4 Å². The third-order valence-corrected chi connectivity index (χ3v) is 6.17. The Bertz CT molecular complexity index is 1320. The van der Waals surface area contributed by atoms with Crippen LogP contribution in [-0.4, -0.2) is 37.5 Å². The van der Waals surface area contributed by atoms with Gasteiger partial charge in [-0.3, -0.25) is 4.90 Å². The number of aromatic amines is 1. The van der Waals surface area contributed by atoms with Crippen molar-refractivity contribution >= 4 is 22.1 Å². The van der Waals surface area contributed by atoms with Crippen LogP contribution >= 0.6 is 0 Å². The molecule has 0 saturated carbocycles. The van der Waals surface area contributed by atoms with Gasteiger partial charge in [-0.25, -0.2) is 9.97 Å². The topological polar surface area (TPSA) is 49.7 Å². The smallest absolute Gasteiger partial charge is 0.156 e. The highest BCUT2D eigenvalue weighted by atomic mass is 15.2. The van der Waals surface area contributed by atoms with Crippen LogP contribution in [0.15, 0.2) is 79.3 Å². The zero-order valence-corrected chi connectivity index (χ0v) is 16.7. The molecule has 5 heteroatoms. The van der Waals surface area contributed by atoms with E-state index in [1.165, 1.54) is 22.9 Å². The van der Waals surface area contributed by atoms with Gasteiger partial charge in [0.2, 0.25) is 0 Å². The van der Waals surface area contributed by atoms with Crippen LogP contribution in [0, 0.1) is 0 Å². The Morgan fingerprint density at radius 3 is 2.90 bits per heavy atom. The first-order valence-electron chi connectivity index (χ1n) is 10.5. The Morgan fingerprint density at radius 2 is 1.97 bits per heavy atom. The number of aromatic nitrogens is 4. The second-order valence-electron chi connectivity index (χ2n) is 8.13. The van der Waals surface area contributed by atoms with E-state index in [1.807, 2.05) is 18.5 Å². The van der Waals surface area contributed by atoms with E-state index in [9.17, 15) is 0 Å². The van der Waals surface area contributed by atoms with Gasteiger partial charge in [0.25, 0.3) is 0 Å². The molecule has 1 saturated heterocycles. The molecular formula is C25H23N5. The first kappa shape index (κ1) is 17.4. The van der Waals surface area contributed by atoms with Crippen molar-refractivity contribution < 1.29 is 0 Å². The number of hydrogen-bond acceptors (Lipinski definition) is 3. The van der Waals surface area contributed by atoms with Gasteiger partial charge < -0.3 is 9.55 Å². The highest BCUT2D eigenvalue weighted by molar-refractivity contribution is 5.86. The van der Waals surface area contributed by atoms with Crippen molar-refractivity contribution in [3.63, 3.8) is 0 Å². The molecule has 0 aliphatic carbocycles. The highest BCUT2D eigenvalue weighted by Crippen LogP contribution is 2.30. The largest absolute Gasteiger partial charge is 0.345 e. The van der Waals surface area contributed by atoms with Gasteiger partial charge in [0, 0.05) is 54.5 Å².